The largest absolute Gasteiger partial charge is 0.494 e. The molecule has 2 aliphatic heterocycles. The van der Waals surface area contributed by atoms with Gasteiger partial charge in [-0.3, -0.25) is 14.4 Å². The van der Waals surface area contributed by atoms with E-state index in [-0.39, 0.29) is 5.91 Å². The lowest BCUT2D eigenvalue weighted by Gasteiger charge is -2.38. The average molecular weight is 583 g/mol. The van der Waals surface area contributed by atoms with E-state index in [1.54, 1.807) is 14.2 Å². The summed E-state index contributed by atoms with van der Waals surface area (Å²) < 4.78 is 13.3. The Morgan fingerprint density at radius 1 is 1.05 bits per heavy atom. The number of nitrogens with zero attached hydrogens (tertiary/aromatic N) is 6. The molecule has 0 spiro atoms. The summed E-state index contributed by atoms with van der Waals surface area (Å²) in [5.41, 5.74) is 5.06. The molecule has 0 saturated carbocycles. The molecule has 224 valence electrons. The SMILES string of the molecule is C=CC(=O)Nc1cc(Nc2cc(-c3ccc4c(cnn4C)c3)ncn2)c(OC)cc1N1CCC(N2CCC(OC)C2)CC1. The minimum atomic E-state index is -0.273. The van der Waals surface area contributed by atoms with E-state index in [1.165, 1.54) is 12.4 Å². The Bertz CT molecular complexity index is 1630. The van der Waals surface area contributed by atoms with Gasteiger partial charge >= 0.3 is 0 Å². The molecule has 0 bridgehead atoms. The van der Waals surface area contributed by atoms with E-state index < -0.39 is 0 Å². The van der Waals surface area contributed by atoms with Crippen LogP contribution in [-0.4, -0.2) is 83.1 Å². The summed E-state index contributed by atoms with van der Waals surface area (Å²) in [6.45, 7) is 7.48. The van der Waals surface area contributed by atoms with Gasteiger partial charge < -0.3 is 25.0 Å². The van der Waals surface area contributed by atoms with Crippen molar-refractivity contribution in [3.05, 3.63) is 61.6 Å². The molecule has 11 heteroatoms. The Balaban J connectivity index is 1.25. The number of methoxy groups -OCH3 is 2. The van der Waals surface area contributed by atoms with Crippen molar-refractivity contribution >= 4 is 39.7 Å². The van der Waals surface area contributed by atoms with Crippen LogP contribution in [0.1, 0.15) is 19.3 Å². The number of hydrogen-bond acceptors (Lipinski definition) is 9. The smallest absolute Gasteiger partial charge is 0.247 e. The van der Waals surface area contributed by atoms with E-state index in [9.17, 15) is 4.79 Å². The number of hydrogen-bond donors (Lipinski definition) is 2. The zero-order valence-electron chi connectivity index (χ0n) is 24.9. The molecule has 2 N–H and O–H groups in total. The van der Waals surface area contributed by atoms with Gasteiger partial charge in [0, 0.05) is 69.5 Å². The highest BCUT2D eigenvalue weighted by Crippen LogP contribution is 2.40. The number of aromatic nitrogens is 4. The number of nitrogens with one attached hydrogen (secondary N) is 2. The fourth-order valence-electron chi connectivity index (χ4n) is 6.18. The first-order chi connectivity index (χ1) is 20.9. The van der Waals surface area contributed by atoms with Gasteiger partial charge in [0.05, 0.1) is 47.7 Å². The summed E-state index contributed by atoms with van der Waals surface area (Å²) in [6.07, 6.45) is 8.17. The average Bonchev–Trinajstić information content (AvgIpc) is 3.68. The minimum Gasteiger partial charge on any atom is -0.494 e. The highest BCUT2D eigenvalue weighted by Gasteiger charge is 2.31. The van der Waals surface area contributed by atoms with E-state index in [0.717, 1.165) is 73.3 Å². The van der Waals surface area contributed by atoms with E-state index in [0.29, 0.717) is 35.1 Å². The molecule has 1 atom stereocenters. The Kier molecular flexibility index (Phi) is 8.26. The van der Waals surface area contributed by atoms with Crippen LogP contribution in [0.15, 0.2) is 61.6 Å². The minimum absolute atomic E-state index is 0.273. The number of rotatable bonds is 9. The van der Waals surface area contributed by atoms with Crippen molar-refractivity contribution in [2.75, 3.05) is 55.9 Å². The number of likely N-dealkylation sites (tertiary alicyclic amines) is 1. The first-order valence-electron chi connectivity index (χ1n) is 14.6. The maximum absolute atomic E-state index is 12.5. The quantitative estimate of drug-likeness (QED) is 0.274. The number of amides is 1. The zero-order chi connectivity index (χ0) is 29.9. The van der Waals surface area contributed by atoms with E-state index in [1.807, 2.05) is 48.3 Å². The van der Waals surface area contributed by atoms with Gasteiger partial charge in [0.1, 0.15) is 17.9 Å². The van der Waals surface area contributed by atoms with Crippen LogP contribution in [0.4, 0.5) is 22.9 Å². The van der Waals surface area contributed by atoms with Crippen LogP contribution in [0.3, 0.4) is 0 Å². The molecule has 0 aliphatic carbocycles. The van der Waals surface area contributed by atoms with Crippen LogP contribution < -0.4 is 20.3 Å². The van der Waals surface area contributed by atoms with Crippen molar-refractivity contribution in [3.63, 3.8) is 0 Å². The molecule has 4 aromatic rings. The second kappa shape index (κ2) is 12.4. The number of piperidine rings is 1. The van der Waals surface area contributed by atoms with Gasteiger partial charge in [-0.25, -0.2) is 9.97 Å². The van der Waals surface area contributed by atoms with Crippen molar-refractivity contribution in [2.45, 2.75) is 31.4 Å². The van der Waals surface area contributed by atoms with E-state index >= 15 is 0 Å². The third-order valence-corrected chi connectivity index (χ3v) is 8.56. The molecule has 2 saturated heterocycles. The summed E-state index contributed by atoms with van der Waals surface area (Å²) in [4.78, 5) is 26.3. The molecule has 2 aliphatic rings. The third kappa shape index (κ3) is 6.04. The van der Waals surface area contributed by atoms with Gasteiger partial charge in [-0.1, -0.05) is 12.6 Å². The van der Waals surface area contributed by atoms with Gasteiger partial charge in [-0.2, -0.15) is 5.10 Å². The van der Waals surface area contributed by atoms with Gasteiger partial charge in [0.2, 0.25) is 5.91 Å². The number of anilines is 4. The van der Waals surface area contributed by atoms with E-state index in [2.05, 4.69) is 48.1 Å². The highest BCUT2D eigenvalue weighted by atomic mass is 16.5. The topological polar surface area (TPSA) is 110 Å². The standard InChI is InChI=1S/C32H38N8O3/c1-5-32(41)37-26-15-27(36-31-16-25(33-20-34-31)21-6-7-28-22(14-21)18-35-38(28)2)30(43-4)17-29(26)39-11-8-23(9-12-39)40-13-10-24(19-40)42-3/h5-7,14-18,20,23-24H,1,8-13,19H2,2-4H3,(H,37,41)(H,33,34,36). The summed E-state index contributed by atoms with van der Waals surface area (Å²) in [7, 11) is 5.37. The molecule has 2 aromatic heterocycles. The second-order valence-corrected chi connectivity index (χ2v) is 11.1. The first-order valence-corrected chi connectivity index (χ1v) is 14.6. The van der Waals surface area contributed by atoms with Gasteiger partial charge in [-0.05, 0) is 43.5 Å². The fraction of sp³-hybridized carbons (Fsp3) is 0.375. The molecule has 1 unspecified atom stereocenters. The molecular weight excluding hydrogens is 544 g/mol. The zero-order valence-corrected chi connectivity index (χ0v) is 24.9. The highest BCUT2D eigenvalue weighted by molar-refractivity contribution is 6.02. The van der Waals surface area contributed by atoms with Crippen LogP contribution >= 0.6 is 0 Å². The first kappa shape index (κ1) is 28.6. The predicted octanol–water partition coefficient (Wildman–Crippen LogP) is 4.60. The maximum atomic E-state index is 12.5. The second-order valence-electron chi connectivity index (χ2n) is 11.1. The molecule has 2 fully saturated rings. The van der Waals surface area contributed by atoms with Crippen molar-refractivity contribution < 1.29 is 14.3 Å². The van der Waals surface area contributed by atoms with Crippen LogP contribution in [-0.2, 0) is 16.6 Å². The van der Waals surface area contributed by atoms with Crippen LogP contribution in [0.5, 0.6) is 5.75 Å². The van der Waals surface area contributed by atoms with Gasteiger partial charge in [0.25, 0.3) is 0 Å². The molecule has 6 rings (SSSR count). The van der Waals surface area contributed by atoms with Crippen LogP contribution in [0.2, 0.25) is 0 Å². The maximum Gasteiger partial charge on any atom is 0.247 e. The molecule has 0 radical (unpaired) electrons. The van der Waals surface area contributed by atoms with Crippen LogP contribution in [0.25, 0.3) is 22.2 Å². The summed E-state index contributed by atoms with van der Waals surface area (Å²) >= 11 is 0. The lowest BCUT2D eigenvalue weighted by Crippen LogP contribution is -2.44. The van der Waals surface area contributed by atoms with Crippen molar-refractivity contribution in [3.8, 4) is 17.0 Å². The molecule has 11 nitrogen and oxygen atoms in total. The number of aryl methyl sites for hydroxylation is 1. The lowest BCUT2D eigenvalue weighted by molar-refractivity contribution is -0.111. The fourth-order valence-corrected chi connectivity index (χ4v) is 6.18. The van der Waals surface area contributed by atoms with Gasteiger partial charge in [0.15, 0.2) is 0 Å². The number of carbonyl (C=O) groups excluding carboxylic acids is 1. The Morgan fingerprint density at radius 2 is 1.88 bits per heavy atom. The predicted molar refractivity (Wildman–Crippen MR) is 169 cm³/mol. The third-order valence-electron chi connectivity index (χ3n) is 8.56. The Morgan fingerprint density at radius 3 is 2.63 bits per heavy atom. The lowest BCUT2D eigenvalue weighted by atomic mass is 10.0. The molecular formula is C32H38N8O3. The van der Waals surface area contributed by atoms with Crippen molar-refractivity contribution in [1.29, 1.82) is 0 Å². The Hall–Kier alpha value is -4.48. The van der Waals surface area contributed by atoms with E-state index in [4.69, 9.17) is 9.47 Å². The van der Waals surface area contributed by atoms with Gasteiger partial charge in [-0.15, -0.1) is 0 Å². The molecule has 43 heavy (non-hydrogen) atoms. The molecule has 4 heterocycles. The number of fused-ring (bicyclic) bond motifs is 1. The molecule has 1 amide bonds. The Labute approximate surface area is 251 Å². The normalized spacial score (nSPS) is 17.7. The number of ether oxygens (including phenoxy) is 2. The summed E-state index contributed by atoms with van der Waals surface area (Å²) in [5.74, 6) is 0.974. The summed E-state index contributed by atoms with van der Waals surface area (Å²) in [5, 5.41) is 11.8. The van der Waals surface area contributed by atoms with Crippen LogP contribution in [0, 0.1) is 0 Å². The monoisotopic (exact) mass is 582 g/mol. The summed E-state index contributed by atoms with van der Waals surface area (Å²) in [6, 6.07) is 12.4. The van der Waals surface area contributed by atoms with Crippen molar-refractivity contribution in [2.24, 2.45) is 7.05 Å². The number of carbonyl (C=O) groups is 1. The van der Waals surface area contributed by atoms with Crippen molar-refractivity contribution in [1.82, 2.24) is 24.6 Å². The molecule has 2 aromatic carbocycles. The number of benzene rings is 2.